The van der Waals surface area contributed by atoms with Crippen LogP contribution in [0.5, 0.6) is 0 Å². The van der Waals surface area contributed by atoms with Crippen LogP contribution in [-0.2, 0) is 9.53 Å². The van der Waals surface area contributed by atoms with Gasteiger partial charge in [-0.2, -0.15) is 9.97 Å². The molecule has 0 radical (unpaired) electrons. The van der Waals surface area contributed by atoms with Gasteiger partial charge in [0.25, 0.3) is 0 Å². The van der Waals surface area contributed by atoms with E-state index in [0.717, 1.165) is 12.8 Å². The minimum atomic E-state index is -0.692. The average Bonchev–Trinajstić information content (AvgIpc) is 3.28. The monoisotopic (exact) mass is 484 g/mol. The van der Waals surface area contributed by atoms with E-state index in [0.29, 0.717) is 50.6 Å². The zero-order chi connectivity index (χ0) is 24.5. The van der Waals surface area contributed by atoms with E-state index in [9.17, 15) is 13.6 Å². The minimum absolute atomic E-state index is 0.0532. The Morgan fingerprint density at radius 2 is 1.94 bits per heavy atom. The summed E-state index contributed by atoms with van der Waals surface area (Å²) in [6, 6.07) is 2.35. The van der Waals surface area contributed by atoms with Crippen molar-refractivity contribution in [3.63, 3.8) is 0 Å². The second-order valence-electron chi connectivity index (χ2n) is 8.55. The van der Waals surface area contributed by atoms with Crippen LogP contribution in [0.15, 0.2) is 31.1 Å². The Morgan fingerprint density at radius 1 is 1.20 bits per heavy atom. The quantitative estimate of drug-likeness (QED) is 0.532. The number of rotatable bonds is 5. The third-order valence-corrected chi connectivity index (χ3v) is 6.32. The van der Waals surface area contributed by atoms with Gasteiger partial charge in [-0.25, -0.2) is 13.8 Å². The molecule has 2 fully saturated rings. The highest BCUT2D eigenvalue weighted by Gasteiger charge is 2.26. The summed E-state index contributed by atoms with van der Waals surface area (Å²) in [7, 11) is 0. The van der Waals surface area contributed by atoms with Crippen molar-refractivity contribution in [3.8, 4) is 0 Å². The van der Waals surface area contributed by atoms with Gasteiger partial charge >= 0.3 is 0 Å². The zero-order valence-corrected chi connectivity index (χ0v) is 19.1. The molecule has 10 nitrogen and oxygen atoms in total. The molecule has 12 heteroatoms. The first-order valence-electron chi connectivity index (χ1n) is 11.4. The fourth-order valence-electron chi connectivity index (χ4n) is 4.63. The molecule has 0 bridgehead atoms. The van der Waals surface area contributed by atoms with E-state index in [1.165, 1.54) is 18.2 Å². The number of nitrogen functional groups attached to an aromatic ring is 1. The number of piperidine rings is 1. The molecule has 2 aromatic heterocycles. The van der Waals surface area contributed by atoms with Gasteiger partial charge in [-0.3, -0.25) is 4.79 Å². The summed E-state index contributed by atoms with van der Waals surface area (Å²) in [5.74, 6) is -1.29. The first-order chi connectivity index (χ1) is 16.9. The summed E-state index contributed by atoms with van der Waals surface area (Å²) in [5.41, 5.74) is 7.09. The fraction of sp³-hybridized carbons (Fsp3) is 0.391. The molecule has 0 spiro atoms. The van der Waals surface area contributed by atoms with Crippen molar-refractivity contribution in [3.05, 3.63) is 42.7 Å². The summed E-state index contributed by atoms with van der Waals surface area (Å²) in [6.45, 7) is 6.38. The Labute approximate surface area is 200 Å². The molecular formula is C23H26F2N8O2. The van der Waals surface area contributed by atoms with Gasteiger partial charge in [-0.05, 0) is 31.1 Å². The number of nitrogens with two attached hydrogens (primary N) is 1. The maximum absolute atomic E-state index is 14.8. The number of ether oxygens (including phenoxy) is 1. The Kier molecular flexibility index (Phi) is 6.20. The van der Waals surface area contributed by atoms with Crippen LogP contribution in [0.25, 0.3) is 11.2 Å². The van der Waals surface area contributed by atoms with Crippen LogP contribution >= 0.6 is 0 Å². The predicted molar refractivity (Wildman–Crippen MR) is 127 cm³/mol. The molecule has 2 aliphatic heterocycles. The third kappa shape index (κ3) is 4.48. The Balaban J connectivity index is 1.43. The summed E-state index contributed by atoms with van der Waals surface area (Å²) < 4.78 is 36.8. The second kappa shape index (κ2) is 9.45. The number of imidazole rings is 1. The predicted octanol–water partition coefficient (Wildman–Crippen LogP) is 2.62. The number of carbonyl (C=O) groups excluding carboxylic acids is 1. The van der Waals surface area contributed by atoms with Gasteiger partial charge in [-0.1, -0.05) is 6.58 Å². The fourth-order valence-corrected chi connectivity index (χ4v) is 4.63. The number of hydrogen-bond donors (Lipinski definition) is 2. The molecule has 1 atom stereocenters. The topological polar surface area (TPSA) is 114 Å². The number of benzene rings is 1. The Morgan fingerprint density at radius 3 is 2.66 bits per heavy atom. The lowest BCUT2D eigenvalue weighted by Crippen LogP contribution is -2.39. The molecular weight excluding hydrogens is 458 g/mol. The molecule has 5 rings (SSSR count). The summed E-state index contributed by atoms with van der Waals surface area (Å²) in [6.07, 6.45) is 4.59. The van der Waals surface area contributed by atoms with Crippen LogP contribution in [0.2, 0.25) is 0 Å². The summed E-state index contributed by atoms with van der Waals surface area (Å²) in [4.78, 5) is 28.5. The number of nitrogens with one attached hydrogen (secondary N) is 1. The van der Waals surface area contributed by atoms with Gasteiger partial charge in [0.2, 0.25) is 11.9 Å². The minimum Gasteiger partial charge on any atom is -0.382 e. The lowest BCUT2D eigenvalue weighted by Gasteiger charge is -2.32. The Bertz CT molecular complexity index is 1250. The number of fused-ring (bicyclic) bond motifs is 1. The van der Waals surface area contributed by atoms with E-state index in [-0.39, 0.29) is 35.1 Å². The van der Waals surface area contributed by atoms with Crippen molar-refractivity contribution in [1.82, 2.24) is 24.4 Å². The van der Waals surface area contributed by atoms with Crippen LogP contribution in [-0.4, -0.2) is 69.7 Å². The van der Waals surface area contributed by atoms with Gasteiger partial charge < -0.3 is 30.2 Å². The van der Waals surface area contributed by atoms with E-state index in [1.807, 2.05) is 4.57 Å². The normalized spacial score (nSPS) is 18.6. The maximum Gasteiger partial charge on any atom is 0.246 e. The number of morpholine rings is 1. The SMILES string of the molecule is C=CC(=O)N1CCC[C@H](n2cnc3c(N)nc(Nc4cc(F)c(N5CCOCC5)c(F)c4)nc32)C1. The van der Waals surface area contributed by atoms with Crippen molar-refractivity contribution in [2.75, 3.05) is 55.3 Å². The molecule has 3 N–H and O–H groups in total. The van der Waals surface area contributed by atoms with Crippen LogP contribution < -0.4 is 16.0 Å². The molecule has 0 aliphatic carbocycles. The molecule has 3 aromatic rings. The number of aromatic nitrogens is 4. The van der Waals surface area contributed by atoms with E-state index < -0.39 is 11.6 Å². The average molecular weight is 485 g/mol. The maximum atomic E-state index is 14.8. The van der Waals surface area contributed by atoms with Crippen LogP contribution in [0.1, 0.15) is 18.9 Å². The molecule has 1 amide bonds. The lowest BCUT2D eigenvalue weighted by atomic mass is 10.1. The highest BCUT2D eigenvalue weighted by molar-refractivity contribution is 5.87. The number of likely N-dealkylation sites (tertiary alicyclic amines) is 1. The van der Waals surface area contributed by atoms with E-state index in [1.54, 1.807) is 16.1 Å². The Hall–Kier alpha value is -3.80. The van der Waals surface area contributed by atoms with Gasteiger partial charge in [0.05, 0.1) is 25.6 Å². The van der Waals surface area contributed by atoms with E-state index in [2.05, 4.69) is 26.8 Å². The number of nitrogens with zero attached hydrogens (tertiary/aromatic N) is 6. The smallest absolute Gasteiger partial charge is 0.246 e. The zero-order valence-electron chi connectivity index (χ0n) is 19.1. The number of amides is 1. The molecule has 1 aromatic carbocycles. The molecule has 35 heavy (non-hydrogen) atoms. The number of halogens is 2. The highest BCUT2D eigenvalue weighted by atomic mass is 19.1. The van der Waals surface area contributed by atoms with Crippen molar-refractivity contribution in [1.29, 1.82) is 0 Å². The largest absolute Gasteiger partial charge is 0.382 e. The summed E-state index contributed by atoms with van der Waals surface area (Å²) in [5, 5.41) is 2.86. The number of hydrogen-bond acceptors (Lipinski definition) is 8. The molecule has 0 saturated carbocycles. The third-order valence-electron chi connectivity index (χ3n) is 6.32. The van der Waals surface area contributed by atoms with Crippen LogP contribution in [0.4, 0.5) is 31.9 Å². The molecule has 0 unspecified atom stereocenters. The van der Waals surface area contributed by atoms with Crippen molar-refractivity contribution < 1.29 is 18.3 Å². The van der Waals surface area contributed by atoms with Gasteiger partial charge in [0.1, 0.15) is 11.2 Å². The van der Waals surface area contributed by atoms with Gasteiger partial charge in [0, 0.05) is 31.9 Å². The standard InChI is InChI=1S/C23H26F2N8O2/c1-2-18(34)32-5-3-4-15(12-32)33-13-27-19-21(26)29-23(30-22(19)33)28-14-10-16(24)20(17(25)11-14)31-6-8-35-9-7-31/h2,10-11,13,15H,1,3-9,12H2,(H3,26,28,29,30)/t15-/m0/s1. The molecule has 4 heterocycles. The van der Waals surface area contributed by atoms with Crippen molar-refractivity contribution >= 4 is 40.2 Å². The highest BCUT2D eigenvalue weighted by Crippen LogP contribution is 2.31. The summed E-state index contributed by atoms with van der Waals surface area (Å²) >= 11 is 0. The molecule has 2 aliphatic rings. The van der Waals surface area contributed by atoms with Crippen molar-refractivity contribution in [2.45, 2.75) is 18.9 Å². The molecule has 2 saturated heterocycles. The van der Waals surface area contributed by atoms with Crippen LogP contribution in [0, 0.1) is 11.6 Å². The molecule has 184 valence electrons. The van der Waals surface area contributed by atoms with Gasteiger partial charge in [0.15, 0.2) is 23.1 Å². The second-order valence-corrected chi connectivity index (χ2v) is 8.55. The first-order valence-corrected chi connectivity index (χ1v) is 11.4. The number of anilines is 4. The van der Waals surface area contributed by atoms with Crippen LogP contribution in [0.3, 0.4) is 0 Å². The first kappa shape index (κ1) is 23.0. The van der Waals surface area contributed by atoms with E-state index >= 15 is 0 Å². The number of carbonyl (C=O) groups is 1. The van der Waals surface area contributed by atoms with E-state index in [4.69, 9.17) is 10.5 Å². The lowest BCUT2D eigenvalue weighted by molar-refractivity contribution is -0.127. The van der Waals surface area contributed by atoms with Gasteiger partial charge in [-0.15, -0.1) is 0 Å². The van der Waals surface area contributed by atoms with Crippen molar-refractivity contribution in [2.24, 2.45) is 0 Å².